The van der Waals surface area contributed by atoms with Crippen LogP contribution in [0.4, 0.5) is 10.1 Å². The highest BCUT2D eigenvalue weighted by atomic mass is 19.1. The third-order valence-corrected chi connectivity index (χ3v) is 6.48. The number of nitrogens with zero attached hydrogens (tertiary/aromatic N) is 2. The molecule has 0 unspecified atom stereocenters. The standard InChI is InChI=1S/C25H26FN3O3/c26-18-6-8-19(9-7-18)28-11-13-29(14-12-28)24(30)16-32-25(31)17-5-10-23-21(15-17)20-3-1-2-4-22(20)27-23/h5-10,15,27H,1-4,11-14,16H2. The zero-order valence-electron chi connectivity index (χ0n) is 17.9. The molecule has 7 heteroatoms. The minimum Gasteiger partial charge on any atom is -0.452 e. The minimum atomic E-state index is -0.476. The number of aromatic nitrogens is 1. The summed E-state index contributed by atoms with van der Waals surface area (Å²) in [5.74, 6) is -0.937. The largest absolute Gasteiger partial charge is 0.452 e. The second-order valence-corrected chi connectivity index (χ2v) is 8.47. The molecule has 0 spiro atoms. The van der Waals surface area contributed by atoms with Gasteiger partial charge >= 0.3 is 5.97 Å². The molecule has 0 saturated carbocycles. The van der Waals surface area contributed by atoms with Gasteiger partial charge in [-0.2, -0.15) is 0 Å². The van der Waals surface area contributed by atoms with E-state index in [1.807, 2.05) is 12.1 Å². The van der Waals surface area contributed by atoms with Crippen LogP contribution in [0.5, 0.6) is 0 Å². The van der Waals surface area contributed by atoms with Gasteiger partial charge in [-0.1, -0.05) is 0 Å². The van der Waals surface area contributed by atoms with Crippen molar-refractivity contribution in [2.75, 3.05) is 37.7 Å². The summed E-state index contributed by atoms with van der Waals surface area (Å²) in [4.78, 5) is 32.4. The molecular weight excluding hydrogens is 409 g/mol. The lowest BCUT2D eigenvalue weighted by atomic mass is 9.95. The van der Waals surface area contributed by atoms with Crippen LogP contribution < -0.4 is 4.90 Å². The number of rotatable bonds is 4. The number of hydrogen-bond donors (Lipinski definition) is 1. The number of carbonyl (C=O) groups is 2. The van der Waals surface area contributed by atoms with Gasteiger partial charge in [0, 0.05) is 48.5 Å². The Balaban J connectivity index is 1.16. The monoisotopic (exact) mass is 435 g/mol. The maximum Gasteiger partial charge on any atom is 0.338 e. The van der Waals surface area contributed by atoms with Crippen LogP contribution in [0.1, 0.15) is 34.5 Å². The Morgan fingerprint density at radius 2 is 1.72 bits per heavy atom. The molecule has 1 amide bonds. The van der Waals surface area contributed by atoms with Crippen molar-refractivity contribution >= 4 is 28.5 Å². The average Bonchev–Trinajstić information content (AvgIpc) is 3.21. The van der Waals surface area contributed by atoms with Crippen LogP contribution in [0.2, 0.25) is 0 Å². The van der Waals surface area contributed by atoms with E-state index in [9.17, 15) is 14.0 Å². The fourth-order valence-corrected chi connectivity index (χ4v) is 4.70. The van der Waals surface area contributed by atoms with Crippen LogP contribution in [0.25, 0.3) is 10.9 Å². The highest BCUT2D eigenvalue weighted by Gasteiger charge is 2.23. The number of amides is 1. The molecule has 2 aromatic carbocycles. The Hall–Kier alpha value is -3.35. The second kappa shape index (κ2) is 8.65. The zero-order valence-corrected chi connectivity index (χ0v) is 17.9. The molecule has 1 aliphatic carbocycles. The summed E-state index contributed by atoms with van der Waals surface area (Å²) in [6, 6.07) is 11.9. The molecule has 32 heavy (non-hydrogen) atoms. The highest BCUT2D eigenvalue weighted by Crippen LogP contribution is 2.29. The Bertz CT molecular complexity index is 1150. The van der Waals surface area contributed by atoms with E-state index < -0.39 is 5.97 Å². The van der Waals surface area contributed by atoms with Crippen molar-refractivity contribution in [1.29, 1.82) is 0 Å². The number of aryl methyl sites for hydroxylation is 2. The van der Waals surface area contributed by atoms with Crippen LogP contribution in [0, 0.1) is 5.82 Å². The number of anilines is 1. The number of piperazine rings is 1. The van der Waals surface area contributed by atoms with Crippen molar-refractivity contribution in [3.63, 3.8) is 0 Å². The van der Waals surface area contributed by atoms with Gasteiger partial charge in [0.2, 0.25) is 0 Å². The molecule has 0 atom stereocenters. The summed E-state index contributed by atoms with van der Waals surface area (Å²) in [6.45, 7) is 2.12. The number of fused-ring (bicyclic) bond motifs is 3. The minimum absolute atomic E-state index is 0.197. The molecule has 5 rings (SSSR count). The van der Waals surface area contributed by atoms with Crippen molar-refractivity contribution in [3.8, 4) is 0 Å². The Morgan fingerprint density at radius 1 is 0.969 bits per heavy atom. The molecule has 1 saturated heterocycles. The number of carbonyl (C=O) groups excluding carboxylic acids is 2. The van der Waals surface area contributed by atoms with Gasteiger partial charge < -0.3 is 19.5 Å². The third kappa shape index (κ3) is 4.07. The number of benzene rings is 2. The zero-order chi connectivity index (χ0) is 22.1. The van der Waals surface area contributed by atoms with Gasteiger partial charge in [0.1, 0.15) is 5.82 Å². The molecule has 2 heterocycles. The quantitative estimate of drug-likeness (QED) is 0.635. The normalized spacial score (nSPS) is 16.2. The molecule has 0 radical (unpaired) electrons. The molecule has 2 aliphatic rings. The number of H-pyrrole nitrogens is 1. The summed E-state index contributed by atoms with van der Waals surface area (Å²) >= 11 is 0. The van der Waals surface area contributed by atoms with Crippen LogP contribution in [-0.4, -0.2) is 54.5 Å². The number of ether oxygens (including phenoxy) is 1. The van der Waals surface area contributed by atoms with E-state index in [1.165, 1.54) is 29.8 Å². The lowest BCUT2D eigenvalue weighted by molar-refractivity contribution is -0.134. The molecule has 166 valence electrons. The van der Waals surface area contributed by atoms with E-state index in [1.54, 1.807) is 23.1 Å². The predicted octanol–water partition coefficient (Wildman–Crippen LogP) is 3.69. The topological polar surface area (TPSA) is 65.6 Å². The van der Waals surface area contributed by atoms with Crippen molar-refractivity contribution in [2.45, 2.75) is 25.7 Å². The van der Waals surface area contributed by atoms with E-state index in [0.29, 0.717) is 31.7 Å². The summed E-state index contributed by atoms with van der Waals surface area (Å²) < 4.78 is 18.5. The van der Waals surface area contributed by atoms with E-state index in [0.717, 1.165) is 35.9 Å². The van der Waals surface area contributed by atoms with Gasteiger partial charge in [-0.3, -0.25) is 4.79 Å². The van der Waals surface area contributed by atoms with Crippen molar-refractivity contribution in [3.05, 3.63) is 65.1 Å². The fourth-order valence-electron chi connectivity index (χ4n) is 4.70. The first kappa shape index (κ1) is 20.5. The first-order chi connectivity index (χ1) is 15.6. The van der Waals surface area contributed by atoms with Gasteiger partial charge in [-0.05, 0) is 73.7 Å². The number of halogens is 1. The van der Waals surface area contributed by atoms with Gasteiger partial charge in [0.05, 0.1) is 5.56 Å². The Kier molecular flexibility index (Phi) is 5.55. The maximum absolute atomic E-state index is 13.1. The lowest BCUT2D eigenvalue weighted by Crippen LogP contribution is -2.49. The Morgan fingerprint density at radius 3 is 2.50 bits per heavy atom. The molecule has 0 bridgehead atoms. The molecule has 1 fully saturated rings. The van der Waals surface area contributed by atoms with E-state index >= 15 is 0 Å². The SMILES string of the molecule is O=C(OCC(=O)N1CCN(c2ccc(F)cc2)CC1)c1ccc2[nH]c3c(c2c1)CCCC3. The van der Waals surface area contributed by atoms with Gasteiger partial charge in [-0.25, -0.2) is 9.18 Å². The van der Waals surface area contributed by atoms with Crippen LogP contribution >= 0.6 is 0 Å². The Labute approximate surface area is 186 Å². The van der Waals surface area contributed by atoms with Crippen LogP contribution in [0.3, 0.4) is 0 Å². The average molecular weight is 435 g/mol. The summed E-state index contributed by atoms with van der Waals surface area (Å²) in [5, 5.41) is 1.08. The van der Waals surface area contributed by atoms with Gasteiger partial charge in [0.15, 0.2) is 6.61 Å². The van der Waals surface area contributed by atoms with Gasteiger partial charge in [-0.15, -0.1) is 0 Å². The number of esters is 1. The van der Waals surface area contributed by atoms with E-state index in [2.05, 4.69) is 9.88 Å². The van der Waals surface area contributed by atoms with Crippen molar-refractivity contribution < 1.29 is 18.7 Å². The molecular formula is C25H26FN3O3. The molecule has 1 N–H and O–H groups in total. The molecule has 1 aromatic heterocycles. The highest BCUT2D eigenvalue weighted by molar-refractivity contribution is 5.97. The van der Waals surface area contributed by atoms with Crippen molar-refractivity contribution in [1.82, 2.24) is 9.88 Å². The summed E-state index contributed by atoms with van der Waals surface area (Å²) in [7, 11) is 0. The van der Waals surface area contributed by atoms with Crippen molar-refractivity contribution in [2.24, 2.45) is 0 Å². The maximum atomic E-state index is 13.1. The second-order valence-electron chi connectivity index (χ2n) is 8.47. The molecule has 6 nitrogen and oxygen atoms in total. The van der Waals surface area contributed by atoms with Crippen LogP contribution in [0.15, 0.2) is 42.5 Å². The first-order valence-corrected chi connectivity index (χ1v) is 11.2. The van der Waals surface area contributed by atoms with Crippen LogP contribution in [-0.2, 0) is 22.4 Å². The van der Waals surface area contributed by atoms with E-state index in [4.69, 9.17) is 4.74 Å². The number of nitrogens with one attached hydrogen (secondary N) is 1. The third-order valence-electron chi connectivity index (χ3n) is 6.48. The number of hydrogen-bond acceptors (Lipinski definition) is 4. The fraction of sp³-hybridized carbons (Fsp3) is 0.360. The number of aromatic amines is 1. The van der Waals surface area contributed by atoms with Gasteiger partial charge in [0.25, 0.3) is 5.91 Å². The lowest BCUT2D eigenvalue weighted by Gasteiger charge is -2.36. The molecule has 3 aromatic rings. The van der Waals surface area contributed by atoms with E-state index in [-0.39, 0.29) is 18.3 Å². The smallest absolute Gasteiger partial charge is 0.338 e. The summed E-state index contributed by atoms with van der Waals surface area (Å²) in [5.41, 5.74) is 5.03. The first-order valence-electron chi connectivity index (χ1n) is 11.2. The predicted molar refractivity (Wildman–Crippen MR) is 120 cm³/mol. The molecule has 1 aliphatic heterocycles. The summed E-state index contributed by atoms with van der Waals surface area (Å²) in [6.07, 6.45) is 4.43.